The molecule has 14 heavy (non-hydrogen) atoms. The van der Waals surface area contributed by atoms with Gasteiger partial charge in [0.05, 0.1) is 12.1 Å². The average Bonchev–Trinajstić information content (AvgIpc) is 2.55. The molecule has 1 aromatic carbocycles. The molecule has 0 spiro atoms. The van der Waals surface area contributed by atoms with Crippen molar-refractivity contribution in [1.29, 1.82) is 0 Å². The number of fused-ring (bicyclic) bond motifs is 1. The van der Waals surface area contributed by atoms with Crippen LogP contribution in [0.25, 0.3) is 17.0 Å². The highest BCUT2D eigenvalue weighted by Gasteiger charge is 2.00. The average molecular weight is 188 g/mol. The van der Waals surface area contributed by atoms with Crippen molar-refractivity contribution in [1.82, 2.24) is 9.78 Å². The Morgan fingerprint density at radius 3 is 3.14 bits per heavy atom. The van der Waals surface area contributed by atoms with Gasteiger partial charge < -0.3 is 5.11 Å². The number of nitrogens with zero attached hydrogens (tertiary/aromatic N) is 2. The van der Waals surface area contributed by atoms with E-state index in [1.54, 1.807) is 10.8 Å². The van der Waals surface area contributed by atoms with Crippen LogP contribution in [0.2, 0.25) is 0 Å². The second-order valence-corrected chi connectivity index (χ2v) is 3.17. The summed E-state index contributed by atoms with van der Waals surface area (Å²) < 4.78 is 1.79. The quantitative estimate of drug-likeness (QED) is 0.777. The fourth-order valence-electron chi connectivity index (χ4n) is 1.51. The van der Waals surface area contributed by atoms with Gasteiger partial charge in [0, 0.05) is 18.6 Å². The molecule has 3 heteroatoms. The Kier molecular flexibility index (Phi) is 2.33. The molecule has 2 rings (SSSR count). The number of aromatic nitrogens is 2. The third kappa shape index (κ3) is 1.54. The van der Waals surface area contributed by atoms with Crippen molar-refractivity contribution in [2.45, 2.75) is 0 Å². The molecular weight excluding hydrogens is 176 g/mol. The van der Waals surface area contributed by atoms with E-state index < -0.39 is 0 Å². The molecule has 0 radical (unpaired) electrons. The SMILES string of the molecule is Cn1cc2c(/C=C\CO)cccc2n1. The minimum atomic E-state index is 0.0661. The molecule has 0 saturated heterocycles. The van der Waals surface area contributed by atoms with Crippen LogP contribution in [-0.2, 0) is 7.05 Å². The third-order valence-corrected chi connectivity index (χ3v) is 2.10. The first-order valence-electron chi connectivity index (χ1n) is 4.51. The zero-order chi connectivity index (χ0) is 9.97. The lowest BCUT2D eigenvalue weighted by Crippen LogP contribution is -1.84. The van der Waals surface area contributed by atoms with Crippen LogP contribution in [-0.4, -0.2) is 21.5 Å². The summed E-state index contributed by atoms with van der Waals surface area (Å²) >= 11 is 0. The van der Waals surface area contributed by atoms with E-state index in [9.17, 15) is 0 Å². The Labute approximate surface area is 82.3 Å². The Morgan fingerprint density at radius 1 is 1.50 bits per heavy atom. The van der Waals surface area contributed by atoms with Crippen LogP contribution < -0.4 is 0 Å². The molecule has 0 fully saturated rings. The number of aliphatic hydroxyl groups excluding tert-OH is 1. The molecule has 0 amide bonds. The van der Waals surface area contributed by atoms with Crippen molar-refractivity contribution < 1.29 is 5.11 Å². The lowest BCUT2D eigenvalue weighted by molar-refractivity contribution is 0.343. The summed E-state index contributed by atoms with van der Waals surface area (Å²) in [6.45, 7) is 0.0661. The number of hydrogen-bond donors (Lipinski definition) is 1. The van der Waals surface area contributed by atoms with E-state index in [4.69, 9.17) is 5.11 Å². The minimum absolute atomic E-state index is 0.0661. The molecule has 0 aliphatic rings. The normalized spacial score (nSPS) is 11.6. The summed E-state index contributed by atoms with van der Waals surface area (Å²) in [6, 6.07) is 5.95. The highest BCUT2D eigenvalue weighted by molar-refractivity contribution is 5.87. The van der Waals surface area contributed by atoms with Crippen LogP contribution >= 0.6 is 0 Å². The molecule has 1 aromatic heterocycles. The van der Waals surface area contributed by atoms with Gasteiger partial charge in [-0.05, 0) is 11.6 Å². The summed E-state index contributed by atoms with van der Waals surface area (Å²) in [5.74, 6) is 0. The molecule has 72 valence electrons. The summed E-state index contributed by atoms with van der Waals surface area (Å²) in [5.41, 5.74) is 2.07. The third-order valence-electron chi connectivity index (χ3n) is 2.10. The second kappa shape index (κ2) is 3.64. The minimum Gasteiger partial charge on any atom is -0.392 e. The van der Waals surface area contributed by atoms with E-state index in [0.29, 0.717) is 0 Å². The van der Waals surface area contributed by atoms with Gasteiger partial charge in [-0.3, -0.25) is 4.68 Å². The van der Waals surface area contributed by atoms with Crippen molar-refractivity contribution >= 4 is 17.0 Å². The van der Waals surface area contributed by atoms with Gasteiger partial charge >= 0.3 is 0 Å². The largest absolute Gasteiger partial charge is 0.392 e. The Bertz CT molecular complexity index is 471. The van der Waals surface area contributed by atoms with Gasteiger partial charge in [-0.15, -0.1) is 0 Å². The van der Waals surface area contributed by atoms with Gasteiger partial charge in [0.15, 0.2) is 0 Å². The fraction of sp³-hybridized carbons (Fsp3) is 0.182. The molecular formula is C11H12N2O. The molecule has 1 N–H and O–H groups in total. The Balaban J connectivity index is 2.58. The smallest absolute Gasteiger partial charge is 0.0929 e. The Hall–Kier alpha value is -1.61. The van der Waals surface area contributed by atoms with E-state index in [0.717, 1.165) is 16.5 Å². The lowest BCUT2D eigenvalue weighted by Gasteiger charge is -1.93. The van der Waals surface area contributed by atoms with Crippen LogP contribution in [0.15, 0.2) is 30.5 Å². The van der Waals surface area contributed by atoms with E-state index in [-0.39, 0.29) is 6.61 Å². The predicted molar refractivity (Wildman–Crippen MR) is 56.8 cm³/mol. The highest BCUT2D eigenvalue weighted by Crippen LogP contribution is 2.18. The zero-order valence-electron chi connectivity index (χ0n) is 8.01. The molecule has 0 unspecified atom stereocenters. The van der Waals surface area contributed by atoms with Gasteiger partial charge in [0.25, 0.3) is 0 Å². The van der Waals surface area contributed by atoms with E-state index >= 15 is 0 Å². The molecule has 0 atom stereocenters. The van der Waals surface area contributed by atoms with E-state index in [2.05, 4.69) is 5.10 Å². The van der Waals surface area contributed by atoms with Crippen LogP contribution in [0.3, 0.4) is 0 Å². The van der Waals surface area contributed by atoms with Crippen molar-refractivity contribution in [2.75, 3.05) is 6.61 Å². The number of aliphatic hydroxyl groups is 1. The predicted octanol–water partition coefficient (Wildman–Crippen LogP) is 1.58. The van der Waals surface area contributed by atoms with Gasteiger partial charge in [0.2, 0.25) is 0 Å². The maximum absolute atomic E-state index is 8.70. The number of aryl methyl sites for hydroxylation is 1. The first kappa shape index (κ1) is 8.97. The standard InChI is InChI=1S/C11H12N2O/c1-13-8-10-9(5-3-7-14)4-2-6-11(10)12-13/h2-6,8,14H,7H2,1H3/b5-3-. The zero-order valence-corrected chi connectivity index (χ0v) is 8.01. The number of rotatable bonds is 2. The number of benzene rings is 1. The summed E-state index contributed by atoms with van der Waals surface area (Å²) in [5, 5.41) is 14.1. The molecule has 2 aromatic rings. The monoisotopic (exact) mass is 188 g/mol. The number of hydrogen-bond acceptors (Lipinski definition) is 2. The van der Waals surface area contributed by atoms with E-state index in [1.807, 2.05) is 37.5 Å². The van der Waals surface area contributed by atoms with Crippen LogP contribution in [0.5, 0.6) is 0 Å². The van der Waals surface area contributed by atoms with Crippen molar-refractivity contribution in [2.24, 2.45) is 7.05 Å². The molecule has 0 aliphatic heterocycles. The van der Waals surface area contributed by atoms with E-state index in [1.165, 1.54) is 0 Å². The van der Waals surface area contributed by atoms with Gasteiger partial charge in [-0.25, -0.2) is 0 Å². The van der Waals surface area contributed by atoms with Gasteiger partial charge in [-0.1, -0.05) is 24.3 Å². The molecule has 0 bridgehead atoms. The van der Waals surface area contributed by atoms with Crippen LogP contribution in [0, 0.1) is 0 Å². The maximum atomic E-state index is 8.70. The van der Waals surface area contributed by atoms with Crippen molar-refractivity contribution in [3.63, 3.8) is 0 Å². The first-order valence-corrected chi connectivity index (χ1v) is 4.51. The lowest BCUT2D eigenvalue weighted by atomic mass is 10.1. The maximum Gasteiger partial charge on any atom is 0.0929 e. The highest BCUT2D eigenvalue weighted by atomic mass is 16.2. The fourth-order valence-corrected chi connectivity index (χ4v) is 1.51. The van der Waals surface area contributed by atoms with Crippen molar-refractivity contribution in [3.8, 4) is 0 Å². The summed E-state index contributed by atoms with van der Waals surface area (Å²) in [4.78, 5) is 0. The molecule has 0 saturated carbocycles. The molecule has 1 heterocycles. The summed E-state index contributed by atoms with van der Waals surface area (Å²) in [6.07, 6.45) is 5.61. The summed E-state index contributed by atoms with van der Waals surface area (Å²) in [7, 11) is 1.90. The van der Waals surface area contributed by atoms with Crippen LogP contribution in [0.1, 0.15) is 5.56 Å². The van der Waals surface area contributed by atoms with Gasteiger partial charge in [-0.2, -0.15) is 5.10 Å². The molecule has 0 aliphatic carbocycles. The topological polar surface area (TPSA) is 38.0 Å². The second-order valence-electron chi connectivity index (χ2n) is 3.17. The first-order chi connectivity index (χ1) is 6.81. The van der Waals surface area contributed by atoms with Crippen LogP contribution in [0.4, 0.5) is 0 Å². The Morgan fingerprint density at radius 2 is 2.36 bits per heavy atom. The van der Waals surface area contributed by atoms with Crippen molar-refractivity contribution in [3.05, 3.63) is 36.0 Å². The molecule has 3 nitrogen and oxygen atoms in total. The van der Waals surface area contributed by atoms with Gasteiger partial charge in [0.1, 0.15) is 0 Å².